The van der Waals surface area contributed by atoms with E-state index < -0.39 is 42.0 Å². The summed E-state index contributed by atoms with van der Waals surface area (Å²) in [4.78, 5) is 51.6. The van der Waals surface area contributed by atoms with Crippen LogP contribution in [0.25, 0.3) is 0 Å². The molecule has 182 valence electrons. The monoisotopic (exact) mass is 461 g/mol. The van der Waals surface area contributed by atoms with Gasteiger partial charge in [-0.3, -0.25) is 14.4 Å². The van der Waals surface area contributed by atoms with E-state index in [0.29, 0.717) is 45.2 Å². The van der Waals surface area contributed by atoms with E-state index in [1.807, 2.05) is 6.07 Å². The number of likely N-dealkylation sites (tertiary alicyclic amines) is 1. The van der Waals surface area contributed by atoms with Crippen molar-refractivity contribution < 1.29 is 24.3 Å². The number of carboxylic acids is 1. The highest BCUT2D eigenvalue weighted by Crippen LogP contribution is 2.20. The molecule has 1 heterocycles. The third-order valence-corrected chi connectivity index (χ3v) is 5.71. The Balaban J connectivity index is 2.10. The van der Waals surface area contributed by atoms with E-state index in [9.17, 15) is 24.3 Å². The van der Waals surface area contributed by atoms with Crippen LogP contribution in [0.5, 0.6) is 0 Å². The highest BCUT2D eigenvalue weighted by molar-refractivity contribution is 5.94. The summed E-state index contributed by atoms with van der Waals surface area (Å²) in [6, 6.07) is 5.51. The first-order valence-electron chi connectivity index (χ1n) is 11.4. The topological polar surface area (TPSA) is 168 Å². The number of carbonyl (C=O) groups excluding carboxylic acids is 3. The van der Waals surface area contributed by atoms with Crippen LogP contribution in [-0.2, 0) is 25.6 Å². The first-order valence-corrected chi connectivity index (χ1v) is 11.4. The van der Waals surface area contributed by atoms with Gasteiger partial charge in [-0.2, -0.15) is 0 Å². The molecule has 0 spiro atoms. The Bertz CT molecular complexity index is 817. The van der Waals surface area contributed by atoms with Gasteiger partial charge in [0.25, 0.3) is 0 Å². The fourth-order valence-corrected chi connectivity index (χ4v) is 3.87. The van der Waals surface area contributed by atoms with Crippen molar-refractivity contribution in [2.24, 2.45) is 11.5 Å². The summed E-state index contributed by atoms with van der Waals surface area (Å²) in [6.07, 6.45) is 2.87. The van der Waals surface area contributed by atoms with Crippen molar-refractivity contribution >= 4 is 23.7 Å². The molecule has 1 aromatic carbocycles. The number of amides is 3. The Labute approximate surface area is 194 Å². The van der Waals surface area contributed by atoms with E-state index in [1.54, 1.807) is 24.3 Å². The number of nitrogens with zero attached hydrogens (tertiary/aromatic N) is 1. The predicted octanol–water partition coefficient (Wildman–Crippen LogP) is -0.249. The zero-order valence-corrected chi connectivity index (χ0v) is 19.0. The molecule has 10 nitrogen and oxygen atoms in total. The second kappa shape index (κ2) is 12.9. The standard InChI is InChI=1S/C23H35N5O5/c1-15(25)20(29)26-17(10-5-6-12-24)22(31)28-13-7-11-19(28)21(30)27-18(23(32)33)14-16-8-3-2-4-9-16/h2-4,8-9,15,17-19H,5-7,10-14,24-25H2,1H3,(H,26,29)(H,27,30)(H,32,33)/t15-,17-,18-,19-/m0/s1. The number of rotatable bonds is 12. The summed E-state index contributed by atoms with van der Waals surface area (Å²) in [7, 11) is 0. The van der Waals surface area contributed by atoms with E-state index >= 15 is 0 Å². The van der Waals surface area contributed by atoms with Crippen LogP contribution in [0, 0.1) is 0 Å². The van der Waals surface area contributed by atoms with E-state index in [1.165, 1.54) is 11.8 Å². The van der Waals surface area contributed by atoms with Gasteiger partial charge in [-0.15, -0.1) is 0 Å². The lowest BCUT2D eigenvalue weighted by Gasteiger charge is -2.30. The molecule has 0 aliphatic carbocycles. The number of hydrogen-bond donors (Lipinski definition) is 5. The first-order chi connectivity index (χ1) is 15.7. The zero-order chi connectivity index (χ0) is 24.4. The van der Waals surface area contributed by atoms with Crippen LogP contribution in [0.3, 0.4) is 0 Å². The maximum absolute atomic E-state index is 13.3. The third-order valence-electron chi connectivity index (χ3n) is 5.71. The minimum atomic E-state index is -1.15. The lowest BCUT2D eigenvalue weighted by molar-refractivity contribution is -0.145. The lowest BCUT2D eigenvalue weighted by Crippen LogP contribution is -2.56. The van der Waals surface area contributed by atoms with Crippen LogP contribution >= 0.6 is 0 Å². The number of hydrogen-bond acceptors (Lipinski definition) is 6. The van der Waals surface area contributed by atoms with Gasteiger partial charge in [-0.1, -0.05) is 30.3 Å². The summed E-state index contributed by atoms with van der Waals surface area (Å²) < 4.78 is 0. The molecule has 1 aliphatic heterocycles. The van der Waals surface area contributed by atoms with E-state index in [-0.39, 0.29) is 12.3 Å². The van der Waals surface area contributed by atoms with Crippen molar-refractivity contribution in [3.8, 4) is 0 Å². The smallest absolute Gasteiger partial charge is 0.326 e. The molecule has 0 bridgehead atoms. The molecule has 7 N–H and O–H groups in total. The number of nitrogens with one attached hydrogen (secondary N) is 2. The minimum Gasteiger partial charge on any atom is -0.480 e. The largest absolute Gasteiger partial charge is 0.480 e. The van der Waals surface area contributed by atoms with Crippen molar-refractivity contribution in [1.29, 1.82) is 0 Å². The lowest BCUT2D eigenvalue weighted by atomic mass is 10.0. The maximum atomic E-state index is 13.3. The van der Waals surface area contributed by atoms with Crippen LogP contribution in [0.1, 0.15) is 44.6 Å². The Morgan fingerprint density at radius 2 is 1.82 bits per heavy atom. The highest BCUT2D eigenvalue weighted by Gasteiger charge is 2.38. The fourth-order valence-electron chi connectivity index (χ4n) is 3.87. The average molecular weight is 462 g/mol. The van der Waals surface area contributed by atoms with Gasteiger partial charge >= 0.3 is 5.97 Å². The van der Waals surface area contributed by atoms with Crippen molar-refractivity contribution in [3.63, 3.8) is 0 Å². The molecule has 0 radical (unpaired) electrons. The second-order valence-corrected chi connectivity index (χ2v) is 8.41. The third kappa shape index (κ3) is 7.83. The van der Waals surface area contributed by atoms with E-state index in [4.69, 9.17) is 11.5 Å². The van der Waals surface area contributed by atoms with Crippen LogP contribution < -0.4 is 22.1 Å². The second-order valence-electron chi connectivity index (χ2n) is 8.41. The molecule has 1 aliphatic rings. The molecule has 1 aromatic rings. The van der Waals surface area contributed by atoms with Crippen molar-refractivity contribution in [1.82, 2.24) is 15.5 Å². The molecular weight excluding hydrogens is 426 g/mol. The van der Waals surface area contributed by atoms with Gasteiger partial charge in [0, 0.05) is 13.0 Å². The van der Waals surface area contributed by atoms with Gasteiger partial charge < -0.3 is 32.1 Å². The molecule has 0 aromatic heterocycles. The zero-order valence-electron chi connectivity index (χ0n) is 19.0. The summed E-state index contributed by atoms with van der Waals surface area (Å²) in [5, 5.41) is 14.9. The van der Waals surface area contributed by atoms with Crippen molar-refractivity contribution in [2.75, 3.05) is 13.1 Å². The van der Waals surface area contributed by atoms with Crippen molar-refractivity contribution in [2.45, 2.75) is 69.6 Å². The normalized spacial score (nSPS) is 18.3. The van der Waals surface area contributed by atoms with Gasteiger partial charge in [0.05, 0.1) is 6.04 Å². The Morgan fingerprint density at radius 3 is 2.42 bits per heavy atom. The molecule has 4 atom stereocenters. The molecular formula is C23H35N5O5. The number of benzene rings is 1. The predicted molar refractivity (Wildman–Crippen MR) is 123 cm³/mol. The SMILES string of the molecule is C[C@H](N)C(=O)N[C@@H](CCCCN)C(=O)N1CCC[C@H]1C(=O)N[C@@H](Cc1ccccc1)C(=O)O. The molecule has 33 heavy (non-hydrogen) atoms. The summed E-state index contributed by atoms with van der Waals surface area (Å²) in [6.45, 7) is 2.35. The Hall–Kier alpha value is -2.98. The van der Waals surface area contributed by atoms with Gasteiger partial charge in [-0.05, 0) is 51.1 Å². The van der Waals surface area contributed by atoms with Crippen LogP contribution in [-0.4, -0.2) is 71.0 Å². The van der Waals surface area contributed by atoms with Crippen LogP contribution in [0.15, 0.2) is 30.3 Å². The number of carbonyl (C=O) groups is 4. The molecule has 1 fully saturated rings. The number of unbranched alkanes of at least 4 members (excludes halogenated alkanes) is 1. The highest BCUT2D eigenvalue weighted by atomic mass is 16.4. The molecule has 0 unspecified atom stereocenters. The summed E-state index contributed by atoms with van der Waals surface area (Å²) in [5.74, 6) is -2.47. The number of nitrogens with two attached hydrogens (primary N) is 2. The quantitative estimate of drug-likeness (QED) is 0.267. The molecule has 10 heteroatoms. The Kier molecular flexibility index (Phi) is 10.3. The van der Waals surface area contributed by atoms with Crippen LogP contribution in [0.4, 0.5) is 0 Å². The maximum Gasteiger partial charge on any atom is 0.326 e. The van der Waals surface area contributed by atoms with Gasteiger partial charge in [0.15, 0.2) is 0 Å². The van der Waals surface area contributed by atoms with Crippen LogP contribution in [0.2, 0.25) is 0 Å². The average Bonchev–Trinajstić information content (AvgIpc) is 3.28. The molecule has 0 saturated carbocycles. The summed E-state index contributed by atoms with van der Waals surface area (Å²) in [5.41, 5.74) is 12.0. The molecule has 1 saturated heterocycles. The number of aliphatic carboxylic acids is 1. The first kappa shape index (κ1) is 26.3. The van der Waals surface area contributed by atoms with Gasteiger partial charge in [0.2, 0.25) is 17.7 Å². The molecule has 2 rings (SSSR count). The van der Waals surface area contributed by atoms with Gasteiger partial charge in [-0.25, -0.2) is 4.79 Å². The fraction of sp³-hybridized carbons (Fsp3) is 0.565. The van der Waals surface area contributed by atoms with Gasteiger partial charge in [0.1, 0.15) is 18.1 Å². The Morgan fingerprint density at radius 1 is 1.12 bits per heavy atom. The van der Waals surface area contributed by atoms with Crippen molar-refractivity contribution in [3.05, 3.63) is 35.9 Å². The summed E-state index contributed by atoms with van der Waals surface area (Å²) >= 11 is 0. The van der Waals surface area contributed by atoms with E-state index in [0.717, 1.165) is 5.56 Å². The molecule has 3 amide bonds. The number of carboxylic acid groups (broad SMARTS) is 1. The minimum absolute atomic E-state index is 0.134. The van der Waals surface area contributed by atoms with E-state index in [2.05, 4.69) is 10.6 Å².